The highest BCUT2D eigenvalue weighted by Gasteiger charge is 2.13. The van der Waals surface area contributed by atoms with Crippen LogP contribution in [0, 0.1) is 6.92 Å². The van der Waals surface area contributed by atoms with Crippen molar-refractivity contribution in [3.63, 3.8) is 0 Å². The molecule has 0 bridgehead atoms. The van der Waals surface area contributed by atoms with Crippen molar-refractivity contribution in [3.05, 3.63) is 46.5 Å². The molecule has 0 saturated carbocycles. The topological polar surface area (TPSA) is 107 Å². The molecule has 104 valence electrons. The Hall–Kier alpha value is -2.34. The predicted octanol–water partition coefficient (Wildman–Crippen LogP) is 1.73. The number of nitrogens with zero attached hydrogens (tertiary/aromatic N) is 2. The number of carbonyl (C=O) groups excluding carboxylic acids is 1. The molecule has 0 unspecified atom stereocenters. The smallest absolute Gasteiger partial charge is 0.250 e. The number of rotatable bonds is 4. The summed E-state index contributed by atoms with van der Waals surface area (Å²) in [7, 11) is 0. The average Bonchev–Trinajstić information content (AvgIpc) is 2.36. The Kier molecular flexibility index (Phi) is 4.05. The van der Waals surface area contributed by atoms with Crippen LogP contribution in [0.15, 0.2) is 24.4 Å². The molecule has 1 heterocycles. The number of nitrogens with two attached hydrogens (primary N) is 2. The van der Waals surface area contributed by atoms with Crippen molar-refractivity contribution in [2.75, 3.05) is 11.1 Å². The van der Waals surface area contributed by atoms with Crippen LogP contribution in [0.4, 0.5) is 11.4 Å². The van der Waals surface area contributed by atoms with E-state index < -0.39 is 5.91 Å². The number of amides is 1. The normalized spacial score (nSPS) is 10.3. The van der Waals surface area contributed by atoms with Crippen molar-refractivity contribution in [3.8, 4) is 0 Å². The maximum absolute atomic E-state index is 11.4. The van der Waals surface area contributed by atoms with Crippen molar-refractivity contribution in [2.45, 2.75) is 13.5 Å². The Balaban J connectivity index is 2.27. The fourth-order valence-electron chi connectivity index (χ4n) is 1.78. The number of hydrogen-bond acceptors (Lipinski definition) is 5. The van der Waals surface area contributed by atoms with E-state index in [4.69, 9.17) is 23.1 Å². The first-order valence-corrected chi connectivity index (χ1v) is 6.26. The summed E-state index contributed by atoms with van der Waals surface area (Å²) in [6, 6.07) is 4.82. The summed E-state index contributed by atoms with van der Waals surface area (Å²) in [6.45, 7) is 2.20. The number of nitrogen functional groups attached to an aromatic ring is 1. The van der Waals surface area contributed by atoms with Gasteiger partial charge in [-0.3, -0.25) is 4.79 Å². The molecule has 7 heteroatoms. The van der Waals surface area contributed by atoms with E-state index in [0.29, 0.717) is 28.8 Å². The molecule has 0 saturated heterocycles. The molecule has 0 aliphatic carbocycles. The SMILES string of the molecule is Cc1nccc(CNc2c(Cl)cc(N)cc2C(N)=O)n1. The summed E-state index contributed by atoms with van der Waals surface area (Å²) < 4.78 is 0. The van der Waals surface area contributed by atoms with E-state index in [0.717, 1.165) is 5.69 Å². The third-order valence-corrected chi connectivity index (χ3v) is 2.96. The number of anilines is 2. The van der Waals surface area contributed by atoms with Crippen LogP contribution in [-0.2, 0) is 6.54 Å². The highest BCUT2D eigenvalue weighted by molar-refractivity contribution is 6.34. The zero-order chi connectivity index (χ0) is 14.7. The molecule has 0 aliphatic rings. The quantitative estimate of drug-likeness (QED) is 0.744. The molecule has 2 rings (SSSR count). The van der Waals surface area contributed by atoms with Crippen molar-refractivity contribution in [1.29, 1.82) is 0 Å². The predicted molar refractivity (Wildman–Crippen MR) is 78.5 cm³/mol. The van der Waals surface area contributed by atoms with Gasteiger partial charge in [-0.15, -0.1) is 0 Å². The molecule has 0 spiro atoms. The Labute approximate surface area is 121 Å². The number of nitrogens with one attached hydrogen (secondary N) is 1. The first-order chi connectivity index (χ1) is 9.47. The average molecular weight is 292 g/mol. The molecule has 6 nitrogen and oxygen atoms in total. The fourth-order valence-corrected chi connectivity index (χ4v) is 2.08. The lowest BCUT2D eigenvalue weighted by molar-refractivity contribution is 0.100. The molecular formula is C13H14ClN5O. The van der Waals surface area contributed by atoms with Gasteiger partial charge in [0.25, 0.3) is 5.91 Å². The van der Waals surface area contributed by atoms with Gasteiger partial charge in [-0.25, -0.2) is 9.97 Å². The lowest BCUT2D eigenvalue weighted by Gasteiger charge is -2.12. The number of benzene rings is 1. The van der Waals surface area contributed by atoms with Gasteiger partial charge in [-0.05, 0) is 25.1 Å². The molecule has 2 aromatic rings. The van der Waals surface area contributed by atoms with E-state index in [1.807, 2.05) is 0 Å². The lowest BCUT2D eigenvalue weighted by Crippen LogP contribution is -2.15. The van der Waals surface area contributed by atoms with Crippen molar-refractivity contribution >= 4 is 28.9 Å². The zero-order valence-electron chi connectivity index (χ0n) is 10.9. The zero-order valence-corrected chi connectivity index (χ0v) is 11.6. The molecule has 20 heavy (non-hydrogen) atoms. The Morgan fingerprint density at radius 2 is 2.20 bits per heavy atom. The summed E-state index contributed by atoms with van der Waals surface area (Å²) >= 11 is 6.09. The van der Waals surface area contributed by atoms with E-state index in [9.17, 15) is 4.79 Å². The van der Waals surface area contributed by atoms with E-state index in [-0.39, 0.29) is 5.56 Å². The maximum atomic E-state index is 11.4. The summed E-state index contributed by atoms with van der Waals surface area (Å²) in [5.41, 5.74) is 12.8. The van der Waals surface area contributed by atoms with Crippen LogP contribution >= 0.6 is 11.6 Å². The number of primary amides is 1. The van der Waals surface area contributed by atoms with E-state index in [1.165, 1.54) is 6.07 Å². The fraction of sp³-hybridized carbons (Fsp3) is 0.154. The second kappa shape index (κ2) is 5.75. The van der Waals surface area contributed by atoms with Gasteiger partial charge in [0.05, 0.1) is 28.5 Å². The molecule has 0 atom stereocenters. The maximum Gasteiger partial charge on any atom is 0.250 e. The van der Waals surface area contributed by atoms with Crippen LogP contribution in [0.1, 0.15) is 21.9 Å². The molecule has 0 aliphatic heterocycles. The van der Waals surface area contributed by atoms with E-state index in [2.05, 4.69) is 15.3 Å². The minimum atomic E-state index is -0.597. The van der Waals surface area contributed by atoms with Gasteiger partial charge in [-0.1, -0.05) is 11.6 Å². The molecule has 0 fully saturated rings. The Morgan fingerprint density at radius 3 is 2.85 bits per heavy atom. The lowest BCUT2D eigenvalue weighted by atomic mass is 10.1. The molecular weight excluding hydrogens is 278 g/mol. The van der Waals surface area contributed by atoms with Crippen LogP contribution in [0.2, 0.25) is 5.02 Å². The van der Waals surface area contributed by atoms with Crippen LogP contribution in [0.3, 0.4) is 0 Å². The van der Waals surface area contributed by atoms with Gasteiger partial charge >= 0.3 is 0 Å². The third-order valence-electron chi connectivity index (χ3n) is 2.66. The number of hydrogen-bond donors (Lipinski definition) is 3. The molecule has 1 amide bonds. The largest absolute Gasteiger partial charge is 0.399 e. The monoisotopic (exact) mass is 291 g/mol. The van der Waals surface area contributed by atoms with Gasteiger partial charge in [0, 0.05) is 11.9 Å². The molecule has 0 radical (unpaired) electrons. The van der Waals surface area contributed by atoms with E-state index >= 15 is 0 Å². The van der Waals surface area contributed by atoms with E-state index in [1.54, 1.807) is 25.3 Å². The van der Waals surface area contributed by atoms with Gasteiger partial charge in [0.2, 0.25) is 0 Å². The van der Waals surface area contributed by atoms with Crippen molar-refractivity contribution < 1.29 is 4.79 Å². The van der Waals surface area contributed by atoms with Crippen molar-refractivity contribution in [1.82, 2.24) is 9.97 Å². The standard InChI is InChI=1S/C13H14ClN5O/c1-7-17-3-2-9(19-7)6-18-12-10(13(16)20)4-8(15)5-11(12)14/h2-5,18H,6,15H2,1H3,(H2,16,20). The van der Waals surface area contributed by atoms with Crippen LogP contribution in [0.25, 0.3) is 0 Å². The number of halogens is 1. The van der Waals surface area contributed by atoms with Gasteiger partial charge < -0.3 is 16.8 Å². The van der Waals surface area contributed by atoms with Gasteiger partial charge in [0.15, 0.2) is 0 Å². The number of carbonyl (C=O) groups is 1. The number of aryl methyl sites for hydroxylation is 1. The first kappa shape index (κ1) is 14.1. The highest BCUT2D eigenvalue weighted by atomic mass is 35.5. The van der Waals surface area contributed by atoms with Gasteiger partial charge in [-0.2, -0.15) is 0 Å². The van der Waals surface area contributed by atoms with Crippen LogP contribution in [0.5, 0.6) is 0 Å². The minimum absolute atomic E-state index is 0.251. The summed E-state index contributed by atoms with van der Waals surface area (Å²) in [6.07, 6.45) is 1.67. The number of aromatic nitrogens is 2. The van der Waals surface area contributed by atoms with Crippen LogP contribution in [-0.4, -0.2) is 15.9 Å². The molecule has 1 aromatic carbocycles. The Bertz CT molecular complexity index is 659. The second-order valence-electron chi connectivity index (χ2n) is 4.24. The van der Waals surface area contributed by atoms with Crippen LogP contribution < -0.4 is 16.8 Å². The van der Waals surface area contributed by atoms with Gasteiger partial charge in [0.1, 0.15) is 5.82 Å². The minimum Gasteiger partial charge on any atom is -0.399 e. The highest BCUT2D eigenvalue weighted by Crippen LogP contribution is 2.29. The summed E-state index contributed by atoms with van der Waals surface area (Å²) in [5, 5.41) is 3.39. The molecule has 5 N–H and O–H groups in total. The van der Waals surface area contributed by atoms with Crippen molar-refractivity contribution in [2.24, 2.45) is 5.73 Å². The third kappa shape index (κ3) is 3.16. The second-order valence-corrected chi connectivity index (χ2v) is 4.65. The summed E-state index contributed by atoms with van der Waals surface area (Å²) in [5.74, 6) is 0.0726. The Morgan fingerprint density at radius 1 is 1.45 bits per heavy atom. The molecule has 1 aromatic heterocycles. The summed E-state index contributed by atoms with van der Waals surface area (Å²) in [4.78, 5) is 19.7. The first-order valence-electron chi connectivity index (χ1n) is 5.88.